The van der Waals surface area contributed by atoms with Gasteiger partial charge >= 0.3 is 11.9 Å². The van der Waals surface area contributed by atoms with Crippen LogP contribution in [0, 0.1) is 0 Å². The molecular formula is C11H18NO4+. The van der Waals surface area contributed by atoms with Crippen LogP contribution in [0.15, 0.2) is 25.3 Å². The summed E-state index contributed by atoms with van der Waals surface area (Å²) in [5.74, 6) is -0.804. The highest BCUT2D eigenvalue weighted by molar-refractivity contribution is 5.75. The van der Waals surface area contributed by atoms with Gasteiger partial charge in [-0.15, -0.1) is 0 Å². The Morgan fingerprint density at radius 1 is 1.19 bits per heavy atom. The van der Waals surface area contributed by atoms with Crippen LogP contribution in [0.3, 0.4) is 0 Å². The zero-order valence-corrected chi connectivity index (χ0v) is 9.31. The van der Waals surface area contributed by atoms with Crippen molar-refractivity contribution in [2.75, 3.05) is 13.2 Å². The standard InChI is InChI=1S/C11H17NO4/c1-3-7-15-10(13)6-5-9(12)11(14)16-8-4-2/h3-4,9H,1-2,5-8,12H2/p+1. The first kappa shape index (κ1) is 14.4. The van der Waals surface area contributed by atoms with Gasteiger partial charge in [0.2, 0.25) is 0 Å². The lowest BCUT2D eigenvalue weighted by atomic mass is 10.2. The molecule has 0 aliphatic heterocycles. The van der Waals surface area contributed by atoms with Crippen molar-refractivity contribution < 1.29 is 24.8 Å². The molecule has 1 atom stereocenters. The SMILES string of the molecule is C=CCOC(=O)CCC([NH3+])C(=O)OCC=C. The molecule has 90 valence electrons. The van der Waals surface area contributed by atoms with E-state index in [-0.39, 0.29) is 25.6 Å². The van der Waals surface area contributed by atoms with E-state index in [1.807, 2.05) is 0 Å². The monoisotopic (exact) mass is 228 g/mol. The summed E-state index contributed by atoms with van der Waals surface area (Å²) >= 11 is 0. The highest BCUT2D eigenvalue weighted by atomic mass is 16.5. The molecule has 5 nitrogen and oxygen atoms in total. The lowest BCUT2D eigenvalue weighted by Gasteiger charge is -2.07. The highest BCUT2D eigenvalue weighted by Gasteiger charge is 2.19. The molecule has 0 fully saturated rings. The quantitative estimate of drug-likeness (QED) is 0.462. The normalized spacial score (nSPS) is 11.3. The van der Waals surface area contributed by atoms with Gasteiger partial charge in [0.25, 0.3) is 0 Å². The van der Waals surface area contributed by atoms with Crippen LogP contribution >= 0.6 is 0 Å². The molecule has 0 saturated heterocycles. The third-order valence-electron chi connectivity index (χ3n) is 1.74. The molecule has 0 aromatic heterocycles. The Morgan fingerprint density at radius 2 is 1.75 bits per heavy atom. The van der Waals surface area contributed by atoms with Gasteiger partial charge in [0.15, 0.2) is 6.04 Å². The minimum atomic E-state index is -0.559. The van der Waals surface area contributed by atoms with Crippen molar-refractivity contribution in [1.82, 2.24) is 0 Å². The fourth-order valence-electron chi connectivity index (χ4n) is 0.893. The molecule has 0 rings (SSSR count). The molecule has 0 radical (unpaired) electrons. The molecule has 0 amide bonds. The Labute approximate surface area is 94.9 Å². The van der Waals surface area contributed by atoms with E-state index < -0.39 is 12.0 Å². The number of hydrogen-bond acceptors (Lipinski definition) is 4. The summed E-state index contributed by atoms with van der Waals surface area (Å²) in [6.45, 7) is 7.18. The van der Waals surface area contributed by atoms with Crippen LogP contribution in [-0.2, 0) is 19.1 Å². The van der Waals surface area contributed by atoms with E-state index in [1.165, 1.54) is 12.2 Å². The minimum absolute atomic E-state index is 0.144. The Balaban J connectivity index is 3.74. The topological polar surface area (TPSA) is 80.2 Å². The van der Waals surface area contributed by atoms with Crippen LogP contribution in [0.5, 0.6) is 0 Å². The van der Waals surface area contributed by atoms with Gasteiger partial charge in [-0.05, 0) is 0 Å². The first-order chi connectivity index (χ1) is 7.61. The molecule has 0 bridgehead atoms. The average Bonchev–Trinajstić information content (AvgIpc) is 2.30. The molecule has 1 unspecified atom stereocenters. The maximum atomic E-state index is 11.2. The van der Waals surface area contributed by atoms with E-state index in [4.69, 9.17) is 9.47 Å². The van der Waals surface area contributed by atoms with Crippen molar-refractivity contribution >= 4 is 11.9 Å². The summed E-state index contributed by atoms with van der Waals surface area (Å²) in [5, 5.41) is 0. The molecular weight excluding hydrogens is 210 g/mol. The van der Waals surface area contributed by atoms with Gasteiger partial charge in [0.05, 0.1) is 6.42 Å². The van der Waals surface area contributed by atoms with Gasteiger partial charge in [-0.2, -0.15) is 0 Å². The Morgan fingerprint density at radius 3 is 2.31 bits per heavy atom. The molecule has 0 heterocycles. The molecule has 5 heteroatoms. The predicted molar refractivity (Wildman–Crippen MR) is 58.2 cm³/mol. The zero-order chi connectivity index (χ0) is 12.4. The van der Waals surface area contributed by atoms with Gasteiger partial charge in [-0.25, -0.2) is 4.79 Å². The molecule has 0 spiro atoms. The van der Waals surface area contributed by atoms with Crippen LogP contribution in [0.25, 0.3) is 0 Å². The number of carbonyl (C=O) groups excluding carboxylic acids is 2. The van der Waals surface area contributed by atoms with E-state index in [9.17, 15) is 9.59 Å². The molecule has 0 aromatic rings. The van der Waals surface area contributed by atoms with E-state index in [1.54, 1.807) is 0 Å². The first-order valence-electron chi connectivity index (χ1n) is 4.99. The number of rotatable bonds is 8. The van der Waals surface area contributed by atoms with E-state index in [0.717, 1.165) is 0 Å². The third-order valence-corrected chi connectivity index (χ3v) is 1.74. The van der Waals surface area contributed by atoms with Crippen molar-refractivity contribution in [2.24, 2.45) is 0 Å². The number of quaternary nitrogens is 1. The summed E-state index contributed by atoms with van der Waals surface area (Å²) < 4.78 is 9.53. The van der Waals surface area contributed by atoms with E-state index in [2.05, 4.69) is 18.9 Å². The molecule has 0 aliphatic rings. The summed E-state index contributed by atoms with van der Waals surface area (Å²) in [4.78, 5) is 22.3. The fourth-order valence-corrected chi connectivity index (χ4v) is 0.893. The van der Waals surface area contributed by atoms with Gasteiger partial charge < -0.3 is 15.2 Å². The molecule has 0 aliphatic carbocycles. The van der Waals surface area contributed by atoms with Crippen molar-refractivity contribution in [3.05, 3.63) is 25.3 Å². The van der Waals surface area contributed by atoms with Gasteiger partial charge in [0, 0.05) is 6.42 Å². The summed E-state index contributed by atoms with van der Waals surface area (Å²) in [7, 11) is 0. The van der Waals surface area contributed by atoms with Crippen molar-refractivity contribution in [1.29, 1.82) is 0 Å². The van der Waals surface area contributed by atoms with Crippen molar-refractivity contribution in [3.8, 4) is 0 Å². The summed E-state index contributed by atoms with van der Waals surface area (Å²) in [6, 6.07) is -0.559. The maximum absolute atomic E-state index is 11.2. The van der Waals surface area contributed by atoms with E-state index in [0.29, 0.717) is 6.42 Å². The largest absolute Gasteiger partial charge is 0.461 e. The third kappa shape index (κ3) is 6.78. The second-order valence-electron chi connectivity index (χ2n) is 3.13. The summed E-state index contributed by atoms with van der Waals surface area (Å²) in [6.07, 6.45) is 3.41. The van der Waals surface area contributed by atoms with Crippen LogP contribution in [0.4, 0.5) is 0 Å². The highest BCUT2D eigenvalue weighted by Crippen LogP contribution is 1.98. The number of carbonyl (C=O) groups is 2. The van der Waals surface area contributed by atoms with Crippen LogP contribution in [0.2, 0.25) is 0 Å². The van der Waals surface area contributed by atoms with Gasteiger partial charge in [0.1, 0.15) is 13.2 Å². The number of ether oxygens (including phenoxy) is 2. The lowest BCUT2D eigenvalue weighted by Crippen LogP contribution is -2.65. The molecule has 16 heavy (non-hydrogen) atoms. The van der Waals surface area contributed by atoms with Crippen LogP contribution in [-0.4, -0.2) is 31.2 Å². The number of esters is 2. The Hall–Kier alpha value is -1.62. The smallest absolute Gasteiger partial charge is 0.365 e. The Bertz CT molecular complexity index is 263. The van der Waals surface area contributed by atoms with Crippen LogP contribution < -0.4 is 5.73 Å². The lowest BCUT2D eigenvalue weighted by molar-refractivity contribution is -0.409. The van der Waals surface area contributed by atoms with Crippen molar-refractivity contribution in [3.63, 3.8) is 0 Å². The predicted octanol–water partition coefficient (Wildman–Crippen LogP) is -0.164. The first-order valence-corrected chi connectivity index (χ1v) is 4.99. The van der Waals surface area contributed by atoms with Crippen LogP contribution in [0.1, 0.15) is 12.8 Å². The number of hydrogen-bond donors (Lipinski definition) is 1. The average molecular weight is 228 g/mol. The molecule has 0 saturated carbocycles. The second kappa shape index (κ2) is 8.67. The maximum Gasteiger partial charge on any atom is 0.365 e. The fraction of sp³-hybridized carbons (Fsp3) is 0.455. The zero-order valence-electron chi connectivity index (χ0n) is 9.31. The molecule has 0 aromatic carbocycles. The molecule has 3 N–H and O–H groups in total. The summed E-state index contributed by atoms with van der Waals surface area (Å²) in [5.41, 5.74) is 3.61. The Kier molecular flexibility index (Phi) is 7.79. The second-order valence-corrected chi connectivity index (χ2v) is 3.13. The van der Waals surface area contributed by atoms with Crippen molar-refractivity contribution in [2.45, 2.75) is 18.9 Å². The van der Waals surface area contributed by atoms with Gasteiger partial charge in [-0.3, -0.25) is 4.79 Å². The minimum Gasteiger partial charge on any atom is -0.461 e. The van der Waals surface area contributed by atoms with E-state index >= 15 is 0 Å². The van der Waals surface area contributed by atoms with Gasteiger partial charge in [-0.1, -0.05) is 25.3 Å².